The first-order valence-corrected chi connectivity index (χ1v) is 3.49. The van der Waals surface area contributed by atoms with Crippen molar-refractivity contribution < 1.29 is 14.4 Å². The molecular weight excluding hydrogens is 160 g/mol. The van der Waals surface area contributed by atoms with E-state index in [0.717, 1.165) is 6.07 Å². The molecule has 0 amide bonds. The lowest BCUT2D eigenvalue weighted by Crippen LogP contribution is -2.30. The molecule has 3 nitrogen and oxygen atoms in total. The maximum Gasteiger partial charge on any atom is 0.488 e. The molecule has 0 atom stereocenters. The molecule has 4 N–H and O–H groups in total. The quantitative estimate of drug-likeness (QED) is 0.495. The number of benzene rings is 1. The van der Waals surface area contributed by atoms with Crippen LogP contribution in [0.4, 0.5) is 4.39 Å². The van der Waals surface area contributed by atoms with Crippen LogP contribution in [0, 0.1) is 5.82 Å². The van der Waals surface area contributed by atoms with E-state index in [2.05, 4.69) is 0 Å². The third kappa shape index (κ3) is 1.82. The van der Waals surface area contributed by atoms with Crippen LogP contribution in [0.15, 0.2) is 18.2 Å². The van der Waals surface area contributed by atoms with Gasteiger partial charge in [-0.15, -0.1) is 0 Å². The molecule has 1 aromatic carbocycles. The van der Waals surface area contributed by atoms with Gasteiger partial charge in [0, 0.05) is 12.1 Å². The van der Waals surface area contributed by atoms with Crippen LogP contribution in [-0.2, 0) is 6.54 Å². The fourth-order valence-electron chi connectivity index (χ4n) is 0.890. The Labute approximate surface area is 69.8 Å². The van der Waals surface area contributed by atoms with Crippen molar-refractivity contribution in [2.45, 2.75) is 6.54 Å². The Bertz CT molecular complexity index is 280. The third-order valence-electron chi connectivity index (χ3n) is 1.60. The molecule has 0 fully saturated rings. The van der Waals surface area contributed by atoms with Gasteiger partial charge in [-0.3, -0.25) is 0 Å². The molecule has 12 heavy (non-hydrogen) atoms. The summed E-state index contributed by atoms with van der Waals surface area (Å²) in [5.74, 6) is -0.511. The van der Waals surface area contributed by atoms with E-state index >= 15 is 0 Å². The molecular formula is C7H9BFNO2. The van der Waals surface area contributed by atoms with Gasteiger partial charge >= 0.3 is 7.12 Å². The molecule has 0 heterocycles. The van der Waals surface area contributed by atoms with Crippen molar-refractivity contribution in [3.05, 3.63) is 29.6 Å². The van der Waals surface area contributed by atoms with E-state index in [4.69, 9.17) is 15.8 Å². The predicted molar refractivity (Wildman–Crippen MR) is 44.1 cm³/mol. The molecule has 1 rings (SSSR count). The maximum absolute atomic E-state index is 12.9. The van der Waals surface area contributed by atoms with E-state index < -0.39 is 12.9 Å². The summed E-state index contributed by atoms with van der Waals surface area (Å²) in [6, 6.07) is 3.92. The van der Waals surface area contributed by atoms with Gasteiger partial charge in [0.25, 0.3) is 0 Å². The summed E-state index contributed by atoms with van der Waals surface area (Å²) >= 11 is 0. The van der Waals surface area contributed by atoms with Crippen molar-refractivity contribution in [2.75, 3.05) is 0 Å². The van der Waals surface area contributed by atoms with E-state index in [-0.39, 0.29) is 12.0 Å². The summed E-state index contributed by atoms with van der Waals surface area (Å²) in [5, 5.41) is 17.3. The Morgan fingerprint density at radius 2 is 2.08 bits per heavy atom. The third-order valence-corrected chi connectivity index (χ3v) is 1.60. The molecule has 0 saturated heterocycles. The average molecular weight is 169 g/mol. The summed E-state index contributed by atoms with van der Waals surface area (Å²) in [6.07, 6.45) is 0. The van der Waals surface area contributed by atoms with Gasteiger partial charge in [0.05, 0.1) is 0 Å². The van der Waals surface area contributed by atoms with E-state index in [0.29, 0.717) is 5.56 Å². The van der Waals surface area contributed by atoms with Crippen LogP contribution < -0.4 is 11.2 Å². The molecule has 0 spiro atoms. The Balaban J connectivity index is 3.02. The lowest BCUT2D eigenvalue weighted by molar-refractivity contribution is 0.425. The number of rotatable bonds is 2. The fourth-order valence-corrected chi connectivity index (χ4v) is 0.890. The predicted octanol–water partition coefficient (Wildman–Crippen LogP) is -1.04. The number of hydrogen-bond donors (Lipinski definition) is 3. The van der Waals surface area contributed by atoms with Crippen molar-refractivity contribution >= 4 is 12.6 Å². The summed E-state index contributed by atoms with van der Waals surface area (Å²) < 4.78 is 12.9. The molecule has 64 valence electrons. The normalized spacial score (nSPS) is 10.0. The zero-order valence-corrected chi connectivity index (χ0v) is 6.37. The SMILES string of the molecule is NCc1ccc(B(O)O)cc1F. The molecule has 0 aromatic heterocycles. The highest BCUT2D eigenvalue weighted by Gasteiger charge is 2.12. The van der Waals surface area contributed by atoms with Crippen LogP contribution in [-0.4, -0.2) is 17.2 Å². The topological polar surface area (TPSA) is 66.5 Å². The fraction of sp³-hybridized carbons (Fsp3) is 0.143. The van der Waals surface area contributed by atoms with Crippen LogP contribution in [0.1, 0.15) is 5.56 Å². The standard InChI is InChI=1S/C7H9BFNO2/c9-7-3-6(8(11)12)2-1-5(7)4-10/h1-3,11-12H,4,10H2. The molecule has 0 unspecified atom stereocenters. The summed E-state index contributed by atoms with van der Waals surface area (Å²) in [7, 11) is -1.63. The molecule has 0 aliphatic carbocycles. The molecule has 0 aliphatic rings. The Kier molecular flexibility index (Phi) is 2.81. The highest BCUT2D eigenvalue weighted by Crippen LogP contribution is 2.03. The Morgan fingerprint density at radius 1 is 1.42 bits per heavy atom. The van der Waals surface area contributed by atoms with Crippen LogP contribution in [0.25, 0.3) is 0 Å². The number of hydrogen-bond acceptors (Lipinski definition) is 3. The zero-order valence-electron chi connectivity index (χ0n) is 6.37. The minimum Gasteiger partial charge on any atom is -0.423 e. The second kappa shape index (κ2) is 3.66. The molecule has 5 heteroatoms. The summed E-state index contributed by atoms with van der Waals surface area (Å²) in [6.45, 7) is 0.105. The second-order valence-corrected chi connectivity index (χ2v) is 2.43. The van der Waals surface area contributed by atoms with Crippen LogP contribution >= 0.6 is 0 Å². The highest BCUT2D eigenvalue weighted by molar-refractivity contribution is 6.58. The molecule has 0 saturated carbocycles. The molecule has 1 aromatic rings. The smallest absolute Gasteiger partial charge is 0.423 e. The van der Waals surface area contributed by atoms with Gasteiger partial charge in [0.2, 0.25) is 0 Å². The van der Waals surface area contributed by atoms with Crippen molar-refractivity contribution in [3.8, 4) is 0 Å². The average Bonchev–Trinajstić information content (AvgIpc) is 2.04. The van der Waals surface area contributed by atoms with Crippen LogP contribution in [0.3, 0.4) is 0 Å². The summed E-state index contributed by atoms with van der Waals surface area (Å²) in [5.41, 5.74) is 5.70. The number of nitrogens with two attached hydrogens (primary N) is 1. The lowest BCUT2D eigenvalue weighted by Gasteiger charge is -2.02. The Morgan fingerprint density at radius 3 is 2.50 bits per heavy atom. The largest absolute Gasteiger partial charge is 0.488 e. The summed E-state index contributed by atoms with van der Waals surface area (Å²) in [4.78, 5) is 0. The first-order valence-electron chi connectivity index (χ1n) is 3.49. The van der Waals surface area contributed by atoms with Crippen molar-refractivity contribution in [1.29, 1.82) is 0 Å². The lowest BCUT2D eigenvalue weighted by atomic mass is 9.80. The van der Waals surface area contributed by atoms with Crippen LogP contribution in [0.5, 0.6) is 0 Å². The maximum atomic E-state index is 12.9. The monoisotopic (exact) mass is 169 g/mol. The minimum atomic E-state index is -1.63. The molecule has 0 radical (unpaired) electrons. The van der Waals surface area contributed by atoms with Crippen LogP contribution in [0.2, 0.25) is 0 Å². The van der Waals surface area contributed by atoms with Gasteiger partial charge in [-0.25, -0.2) is 4.39 Å². The second-order valence-electron chi connectivity index (χ2n) is 2.43. The van der Waals surface area contributed by atoms with Crippen molar-refractivity contribution in [2.24, 2.45) is 5.73 Å². The van der Waals surface area contributed by atoms with Gasteiger partial charge in [0.1, 0.15) is 5.82 Å². The van der Waals surface area contributed by atoms with Crippen molar-refractivity contribution in [3.63, 3.8) is 0 Å². The zero-order chi connectivity index (χ0) is 9.14. The Hall–Kier alpha value is -0.905. The molecule has 0 aliphatic heterocycles. The highest BCUT2D eigenvalue weighted by atomic mass is 19.1. The molecule has 0 bridgehead atoms. The van der Waals surface area contributed by atoms with Gasteiger partial charge in [-0.05, 0) is 11.5 Å². The van der Waals surface area contributed by atoms with Gasteiger partial charge in [-0.2, -0.15) is 0 Å². The van der Waals surface area contributed by atoms with Gasteiger partial charge in [0.15, 0.2) is 0 Å². The van der Waals surface area contributed by atoms with Gasteiger partial charge in [-0.1, -0.05) is 12.1 Å². The first-order chi connectivity index (χ1) is 5.65. The first kappa shape index (κ1) is 9.19. The number of halogens is 1. The van der Waals surface area contributed by atoms with E-state index in [1.165, 1.54) is 12.1 Å². The van der Waals surface area contributed by atoms with Crippen molar-refractivity contribution in [1.82, 2.24) is 0 Å². The van der Waals surface area contributed by atoms with Gasteiger partial charge < -0.3 is 15.8 Å². The van der Waals surface area contributed by atoms with E-state index in [9.17, 15) is 4.39 Å². The minimum absolute atomic E-state index is 0.105. The van der Waals surface area contributed by atoms with E-state index in [1.807, 2.05) is 0 Å². The van der Waals surface area contributed by atoms with E-state index in [1.54, 1.807) is 0 Å².